The number of rotatable bonds is 26. The predicted octanol–water partition coefficient (Wildman–Crippen LogP) is 10.1. The summed E-state index contributed by atoms with van der Waals surface area (Å²) in [6.07, 6.45) is 33.5. The van der Waals surface area contributed by atoms with Gasteiger partial charge in [-0.2, -0.15) is 0 Å². The standard InChI is InChI=1S/C29H57NOS/c1-2-3-4-5-6-7-8-9-10-11-12-13-14-15-16-17-18-19-20-22-26-31-27-23-21-24-30-25-28-32-29-30/h25,28H,2-24,26-27,29H2,1H3. The van der Waals surface area contributed by atoms with Crippen molar-refractivity contribution < 1.29 is 4.74 Å². The summed E-state index contributed by atoms with van der Waals surface area (Å²) in [6, 6.07) is 0. The van der Waals surface area contributed by atoms with E-state index in [9.17, 15) is 0 Å². The lowest BCUT2D eigenvalue weighted by Gasteiger charge is -2.13. The van der Waals surface area contributed by atoms with Crippen molar-refractivity contribution in [3.63, 3.8) is 0 Å². The average molecular weight is 468 g/mol. The topological polar surface area (TPSA) is 12.5 Å². The molecule has 0 bridgehead atoms. The largest absolute Gasteiger partial charge is 0.381 e. The van der Waals surface area contributed by atoms with Crippen LogP contribution in [0.2, 0.25) is 0 Å². The van der Waals surface area contributed by atoms with Gasteiger partial charge in [0.2, 0.25) is 0 Å². The van der Waals surface area contributed by atoms with Gasteiger partial charge in [0.1, 0.15) is 0 Å². The van der Waals surface area contributed by atoms with Gasteiger partial charge in [0.05, 0.1) is 5.88 Å². The Bertz CT molecular complexity index is 387. The van der Waals surface area contributed by atoms with E-state index in [1.807, 2.05) is 11.8 Å². The molecule has 1 aliphatic heterocycles. The minimum Gasteiger partial charge on any atom is -0.381 e. The first-order valence-electron chi connectivity index (χ1n) is 14.5. The molecule has 0 N–H and O–H groups in total. The minimum absolute atomic E-state index is 0.948. The smallest absolute Gasteiger partial charge is 0.0675 e. The fourth-order valence-corrected chi connectivity index (χ4v) is 5.28. The van der Waals surface area contributed by atoms with Gasteiger partial charge >= 0.3 is 0 Å². The van der Waals surface area contributed by atoms with Crippen LogP contribution in [0.15, 0.2) is 11.6 Å². The van der Waals surface area contributed by atoms with Gasteiger partial charge in [-0.15, -0.1) is 11.8 Å². The first kappa shape index (κ1) is 29.9. The second-order valence-electron chi connectivity index (χ2n) is 9.93. The van der Waals surface area contributed by atoms with Crippen LogP contribution in [-0.4, -0.2) is 30.5 Å². The maximum atomic E-state index is 5.79. The van der Waals surface area contributed by atoms with Crippen molar-refractivity contribution in [2.45, 2.75) is 148 Å². The number of hydrogen-bond donors (Lipinski definition) is 0. The molecule has 0 amide bonds. The summed E-state index contributed by atoms with van der Waals surface area (Å²) in [4.78, 5) is 2.39. The van der Waals surface area contributed by atoms with Crippen LogP contribution in [0.25, 0.3) is 0 Å². The fourth-order valence-electron chi connectivity index (χ4n) is 4.53. The highest BCUT2D eigenvalue weighted by molar-refractivity contribution is 8.02. The van der Waals surface area contributed by atoms with Crippen LogP contribution in [0.3, 0.4) is 0 Å². The number of nitrogens with zero attached hydrogens (tertiary/aromatic N) is 1. The van der Waals surface area contributed by atoms with E-state index in [0.29, 0.717) is 0 Å². The zero-order chi connectivity index (χ0) is 22.8. The lowest BCUT2D eigenvalue weighted by atomic mass is 10.0. The lowest BCUT2D eigenvalue weighted by Crippen LogP contribution is -2.15. The molecule has 0 atom stereocenters. The maximum Gasteiger partial charge on any atom is 0.0675 e. The van der Waals surface area contributed by atoms with E-state index in [1.54, 1.807) is 0 Å². The Morgan fingerprint density at radius 2 is 0.969 bits per heavy atom. The molecular formula is C29H57NOS. The number of hydrogen-bond acceptors (Lipinski definition) is 3. The molecule has 0 unspecified atom stereocenters. The molecule has 190 valence electrons. The number of thioether (sulfide) groups is 1. The zero-order valence-electron chi connectivity index (χ0n) is 21.8. The Morgan fingerprint density at radius 3 is 1.38 bits per heavy atom. The zero-order valence-corrected chi connectivity index (χ0v) is 22.6. The van der Waals surface area contributed by atoms with Crippen LogP contribution < -0.4 is 0 Å². The Morgan fingerprint density at radius 1 is 0.562 bits per heavy atom. The predicted molar refractivity (Wildman–Crippen MR) is 146 cm³/mol. The average Bonchev–Trinajstić information content (AvgIpc) is 3.32. The molecule has 0 saturated heterocycles. The van der Waals surface area contributed by atoms with Crippen LogP contribution in [0.5, 0.6) is 0 Å². The summed E-state index contributed by atoms with van der Waals surface area (Å²) in [5.74, 6) is 1.14. The summed E-state index contributed by atoms with van der Waals surface area (Å²) in [5, 5.41) is 2.19. The Hall–Kier alpha value is -0.150. The van der Waals surface area contributed by atoms with Gasteiger partial charge < -0.3 is 9.64 Å². The summed E-state index contributed by atoms with van der Waals surface area (Å²) in [6.45, 7) is 5.41. The molecule has 0 aromatic heterocycles. The second kappa shape index (κ2) is 25.5. The normalized spacial score (nSPS) is 13.5. The molecular weight excluding hydrogens is 410 g/mol. The minimum atomic E-state index is 0.948. The third-order valence-electron chi connectivity index (χ3n) is 6.73. The SMILES string of the molecule is CCCCCCCCCCCCCCCCCCCCCCOCCCCN1C=CSC1. The third kappa shape index (κ3) is 21.7. The number of unbranched alkanes of at least 4 members (excludes halogenated alkanes) is 20. The van der Waals surface area contributed by atoms with E-state index in [1.165, 1.54) is 148 Å². The molecule has 0 radical (unpaired) electrons. The maximum absolute atomic E-state index is 5.79. The highest BCUT2D eigenvalue weighted by atomic mass is 32.2. The molecule has 2 nitrogen and oxygen atoms in total. The summed E-state index contributed by atoms with van der Waals surface area (Å²) >= 11 is 1.89. The molecule has 0 aromatic carbocycles. The second-order valence-corrected chi connectivity index (χ2v) is 10.8. The Kier molecular flexibility index (Phi) is 23.8. The monoisotopic (exact) mass is 467 g/mol. The van der Waals surface area contributed by atoms with Crippen LogP contribution >= 0.6 is 11.8 Å². The van der Waals surface area contributed by atoms with E-state index in [-0.39, 0.29) is 0 Å². The Balaban J connectivity index is 1.61. The molecule has 0 fully saturated rings. The molecule has 1 rings (SSSR count). The van der Waals surface area contributed by atoms with Gasteiger partial charge in [-0.05, 0) is 24.7 Å². The van der Waals surface area contributed by atoms with E-state index in [4.69, 9.17) is 4.74 Å². The van der Waals surface area contributed by atoms with E-state index in [2.05, 4.69) is 23.4 Å². The molecule has 0 saturated carbocycles. The quantitative estimate of drug-likeness (QED) is 0.117. The van der Waals surface area contributed by atoms with Crippen molar-refractivity contribution in [2.24, 2.45) is 0 Å². The van der Waals surface area contributed by atoms with Crippen LogP contribution in [-0.2, 0) is 4.74 Å². The van der Waals surface area contributed by atoms with Crippen molar-refractivity contribution in [1.82, 2.24) is 4.90 Å². The van der Waals surface area contributed by atoms with Crippen LogP contribution in [0, 0.1) is 0 Å². The molecule has 0 aliphatic carbocycles. The fraction of sp³-hybridized carbons (Fsp3) is 0.931. The van der Waals surface area contributed by atoms with Crippen molar-refractivity contribution in [2.75, 3.05) is 25.6 Å². The van der Waals surface area contributed by atoms with Crippen molar-refractivity contribution in [1.29, 1.82) is 0 Å². The third-order valence-corrected chi connectivity index (χ3v) is 7.53. The highest BCUT2D eigenvalue weighted by Crippen LogP contribution is 2.16. The van der Waals surface area contributed by atoms with Gasteiger partial charge in [0, 0.05) is 26.0 Å². The van der Waals surface area contributed by atoms with Gasteiger partial charge in [0.15, 0.2) is 0 Å². The number of ether oxygens (including phenoxy) is 1. The first-order chi connectivity index (χ1) is 15.9. The molecule has 0 aromatic rings. The summed E-state index contributed by atoms with van der Waals surface area (Å²) in [7, 11) is 0. The van der Waals surface area contributed by atoms with Gasteiger partial charge in [-0.25, -0.2) is 0 Å². The van der Waals surface area contributed by atoms with Gasteiger partial charge in [-0.3, -0.25) is 0 Å². The molecule has 1 heterocycles. The molecule has 0 spiro atoms. The van der Waals surface area contributed by atoms with E-state index >= 15 is 0 Å². The van der Waals surface area contributed by atoms with Gasteiger partial charge in [-0.1, -0.05) is 129 Å². The van der Waals surface area contributed by atoms with Crippen molar-refractivity contribution >= 4 is 11.8 Å². The summed E-state index contributed by atoms with van der Waals surface area (Å²) < 4.78 is 5.79. The van der Waals surface area contributed by atoms with Crippen molar-refractivity contribution in [3.05, 3.63) is 11.6 Å². The van der Waals surface area contributed by atoms with E-state index in [0.717, 1.165) is 19.1 Å². The van der Waals surface area contributed by atoms with Crippen LogP contribution in [0.4, 0.5) is 0 Å². The Labute approximate surface area is 206 Å². The lowest BCUT2D eigenvalue weighted by molar-refractivity contribution is 0.125. The van der Waals surface area contributed by atoms with E-state index < -0.39 is 0 Å². The highest BCUT2D eigenvalue weighted by Gasteiger charge is 2.03. The van der Waals surface area contributed by atoms with Crippen LogP contribution in [0.1, 0.15) is 148 Å². The molecule has 3 heteroatoms. The van der Waals surface area contributed by atoms with Crippen molar-refractivity contribution in [3.8, 4) is 0 Å². The molecule has 1 aliphatic rings. The first-order valence-corrected chi connectivity index (χ1v) is 15.6. The molecule has 32 heavy (non-hydrogen) atoms. The van der Waals surface area contributed by atoms with Gasteiger partial charge in [0.25, 0.3) is 0 Å². The summed E-state index contributed by atoms with van der Waals surface area (Å²) in [5.41, 5.74) is 0.